The number of ether oxygens (including phenoxy) is 1. The summed E-state index contributed by atoms with van der Waals surface area (Å²) in [6.07, 6.45) is 5.72. The van der Waals surface area contributed by atoms with Crippen LogP contribution in [0.2, 0.25) is 0 Å². The maximum absolute atomic E-state index is 6.41. The van der Waals surface area contributed by atoms with Gasteiger partial charge < -0.3 is 10.1 Å². The van der Waals surface area contributed by atoms with Gasteiger partial charge in [0.1, 0.15) is 0 Å². The van der Waals surface area contributed by atoms with Crippen LogP contribution in [0.15, 0.2) is 24.3 Å². The lowest BCUT2D eigenvalue weighted by Gasteiger charge is -2.31. The molecule has 2 heteroatoms. The summed E-state index contributed by atoms with van der Waals surface area (Å²) in [5.41, 5.74) is 2.65. The average molecular weight is 261 g/mol. The van der Waals surface area contributed by atoms with E-state index in [4.69, 9.17) is 4.74 Å². The van der Waals surface area contributed by atoms with Crippen LogP contribution >= 0.6 is 0 Å². The lowest BCUT2D eigenvalue weighted by atomic mass is 9.88. The molecule has 0 heterocycles. The normalized spacial score (nSPS) is 25.2. The van der Waals surface area contributed by atoms with Crippen LogP contribution in [0.25, 0.3) is 0 Å². The van der Waals surface area contributed by atoms with E-state index in [1.165, 1.54) is 36.8 Å². The third-order valence-corrected chi connectivity index (χ3v) is 4.17. The molecule has 1 aliphatic carbocycles. The number of rotatable bonds is 5. The molecule has 2 nitrogen and oxygen atoms in total. The summed E-state index contributed by atoms with van der Waals surface area (Å²) in [6.45, 7) is 5.40. The number of benzene rings is 1. The van der Waals surface area contributed by atoms with E-state index in [1.54, 1.807) is 0 Å². The number of hydrogen-bond acceptors (Lipinski definition) is 2. The SMILES string of the molecule is CNCC(OC1CCCC(C)C1)c1ccccc1C. The third-order valence-electron chi connectivity index (χ3n) is 4.17. The number of hydrogen-bond donors (Lipinski definition) is 1. The molecule has 3 atom stereocenters. The predicted octanol–water partition coefficient (Wildman–Crippen LogP) is 3.85. The molecular formula is C17H27NO. The van der Waals surface area contributed by atoms with Gasteiger partial charge in [-0.3, -0.25) is 0 Å². The molecular weight excluding hydrogens is 234 g/mol. The summed E-state index contributed by atoms with van der Waals surface area (Å²) in [6, 6.07) is 8.57. The fourth-order valence-electron chi connectivity index (χ4n) is 3.10. The van der Waals surface area contributed by atoms with E-state index in [0.29, 0.717) is 6.10 Å². The highest BCUT2D eigenvalue weighted by molar-refractivity contribution is 5.28. The first-order chi connectivity index (χ1) is 9.20. The highest BCUT2D eigenvalue weighted by atomic mass is 16.5. The van der Waals surface area contributed by atoms with Gasteiger partial charge >= 0.3 is 0 Å². The first-order valence-electron chi connectivity index (χ1n) is 7.56. The van der Waals surface area contributed by atoms with Crippen molar-refractivity contribution in [3.8, 4) is 0 Å². The van der Waals surface area contributed by atoms with E-state index in [9.17, 15) is 0 Å². The van der Waals surface area contributed by atoms with Crippen LogP contribution in [-0.4, -0.2) is 19.7 Å². The van der Waals surface area contributed by atoms with Crippen LogP contribution in [0.5, 0.6) is 0 Å². The molecule has 0 bridgehead atoms. The molecule has 2 rings (SSSR count). The Labute approximate surface area is 117 Å². The molecule has 0 spiro atoms. The molecule has 1 aromatic carbocycles. The van der Waals surface area contributed by atoms with E-state index in [2.05, 4.69) is 43.4 Å². The summed E-state index contributed by atoms with van der Waals surface area (Å²) in [5, 5.41) is 3.27. The van der Waals surface area contributed by atoms with Crippen LogP contribution in [0.4, 0.5) is 0 Å². The van der Waals surface area contributed by atoms with Gasteiger partial charge in [-0.15, -0.1) is 0 Å². The van der Waals surface area contributed by atoms with Gasteiger partial charge in [-0.1, -0.05) is 44.0 Å². The van der Waals surface area contributed by atoms with Gasteiger partial charge in [0, 0.05) is 6.54 Å². The van der Waals surface area contributed by atoms with Crippen molar-refractivity contribution in [2.75, 3.05) is 13.6 Å². The summed E-state index contributed by atoms with van der Waals surface area (Å²) in [5.74, 6) is 0.811. The van der Waals surface area contributed by atoms with Gasteiger partial charge in [0.05, 0.1) is 12.2 Å². The van der Waals surface area contributed by atoms with Gasteiger partial charge in [0.25, 0.3) is 0 Å². The number of likely N-dealkylation sites (N-methyl/N-ethyl adjacent to an activating group) is 1. The van der Waals surface area contributed by atoms with Gasteiger partial charge in [-0.25, -0.2) is 0 Å². The summed E-state index contributed by atoms with van der Waals surface area (Å²) >= 11 is 0. The van der Waals surface area contributed by atoms with E-state index in [1.807, 2.05) is 7.05 Å². The maximum Gasteiger partial charge on any atom is 0.0955 e. The Balaban J connectivity index is 2.05. The minimum absolute atomic E-state index is 0.182. The molecule has 1 fully saturated rings. The van der Waals surface area contributed by atoms with Gasteiger partial charge in [0.2, 0.25) is 0 Å². The van der Waals surface area contributed by atoms with E-state index >= 15 is 0 Å². The molecule has 1 N–H and O–H groups in total. The zero-order chi connectivity index (χ0) is 13.7. The lowest BCUT2D eigenvalue weighted by Crippen LogP contribution is -2.28. The van der Waals surface area contributed by atoms with Crippen molar-refractivity contribution in [1.82, 2.24) is 5.32 Å². The second-order valence-electron chi connectivity index (χ2n) is 5.93. The van der Waals surface area contributed by atoms with Gasteiger partial charge in [-0.2, -0.15) is 0 Å². The number of aryl methyl sites for hydroxylation is 1. The zero-order valence-electron chi connectivity index (χ0n) is 12.5. The van der Waals surface area contributed by atoms with E-state index in [-0.39, 0.29) is 6.10 Å². The molecule has 3 unspecified atom stereocenters. The first kappa shape index (κ1) is 14.5. The zero-order valence-corrected chi connectivity index (χ0v) is 12.5. The molecule has 19 heavy (non-hydrogen) atoms. The van der Waals surface area contributed by atoms with Crippen molar-refractivity contribution < 1.29 is 4.74 Å². The Morgan fingerprint density at radius 3 is 2.79 bits per heavy atom. The topological polar surface area (TPSA) is 21.3 Å². The minimum atomic E-state index is 0.182. The van der Waals surface area contributed by atoms with Crippen molar-refractivity contribution in [3.63, 3.8) is 0 Å². The maximum atomic E-state index is 6.41. The molecule has 0 amide bonds. The predicted molar refractivity (Wildman–Crippen MR) is 80.4 cm³/mol. The van der Waals surface area contributed by atoms with E-state index < -0.39 is 0 Å². The summed E-state index contributed by atoms with van der Waals surface area (Å²) < 4.78 is 6.41. The summed E-state index contributed by atoms with van der Waals surface area (Å²) in [4.78, 5) is 0. The molecule has 0 radical (unpaired) electrons. The fourth-order valence-corrected chi connectivity index (χ4v) is 3.10. The second kappa shape index (κ2) is 7.06. The molecule has 1 saturated carbocycles. The highest BCUT2D eigenvalue weighted by Gasteiger charge is 2.23. The standard InChI is InChI=1S/C17H27NO/c1-13-7-6-9-15(11-13)19-17(12-18-3)16-10-5-4-8-14(16)2/h4-5,8,10,13,15,17-18H,6-7,9,11-12H2,1-3H3. The molecule has 0 saturated heterocycles. The van der Waals surface area contributed by atoms with Crippen molar-refractivity contribution in [2.45, 2.75) is 51.7 Å². The first-order valence-corrected chi connectivity index (χ1v) is 7.56. The Morgan fingerprint density at radius 2 is 2.11 bits per heavy atom. The average Bonchev–Trinajstić information content (AvgIpc) is 2.39. The molecule has 1 aliphatic rings. The van der Waals surface area contributed by atoms with Crippen LogP contribution in [-0.2, 0) is 4.74 Å². The smallest absolute Gasteiger partial charge is 0.0955 e. The minimum Gasteiger partial charge on any atom is -0.369 e. The lowest BCUT2D eigenvalue weighted by molar-refractivity contribution is -0.0390. The van der Waals surface area contributed by atoms with E-state index in [0.717, 1.165) is 12.5 Å². The monoisotopic (exact) mass is 261 g/mol. The van der Waals surface area contributed by atoms with Crippen molar-refractivity contribution >= 4 is 0 Å². The third kappa shape index (κ3) is 4.05. The molecule has 106 valence electrons. The van der Waals surface area contributed by atoms with Gasteiger partial charge in [0.15, 0.2) is 0 Å². The van der Waals surface area contributed by atoms with Crippen LogP contribution < -0.4 is 5.32 Å². The van der Waals surface area contributed by atoms with Crippen molar-refractivity contribution in [2.24, 2.45) is 5.92 Å². The van der Waals surface area contributed by atoms with Crippen LogP contribution in [0, 0.1) is 12.8 Å². The second-order valence-corrected chi connectivity index (χ2v) is 5.93. The Kier molecular flexibility index (Phi) is 5.41. The molecule has 0 aromatic heterocycles. The van der Waals surface area contributed by atoms with Gasteiger partial charge in [-0.05, 0) is 43.9 Å². The number of nitrogens with one attached hydrogen (secondary N) is 1. The quantitative estimate of drug-likeness (QED) is 0.869. The van der Waals surface area contributed by atoms with Crippen molar-refractivity contribution in [1.29, 1.82) is 0 Å². The Morgan fingerprint density at radius 1 is 1.32 bits per heavy atom. The van der Waals surface area contributed by atoms with Crippen LogP contribution in [0.3, 0.4) is 0 Å². The molecule has 0 aliphatic heterocycles. The highest BCUT2D eigenvalue weighted by Crippen LogP contribution is 2.30. The van der Waals surface area contributed by atoms with Crippen molar-refractivity contribution in [3.05, 3.63) is 35.4 Å². The Hall–Kier alpha value is -0.860. The summed E-state index contributed by atoms with van der Waals surface area (Å²) in [7, 11) is 2.00. The van der Waals surface area contributed by atoms with Crippen LogP contribution in [0.1, 0.15) is 49.8 Å². The fraction of sp³-hybridized carbons (Fsp3) is 0.647. The largest absolute Gasteiger partial charge is 0.369 e. The Bertz CT molecular complexity index is 391. The molecule has 1 aromatic rings.